The van der Waals surface area contributed by atoms with E-state index in [2.05, 4.69) is 31.2 Å². The first-order valence-corrected chi connectivity index (χ1v) is 10.1. The molecule has 0 unspecified atom stereocenters. The number of carbonyl (C=O) groups is 2. The largest absolute Gasteiger partial charge is 0.325 e. The molecule has 1 N–H and O–H groups in total. The maximum atomic E-state index is 12.5. The SMILES string of the molecule is C[C@H]1N=C2c3ccccc3N=C(SCC(=O)Nc3ccc(Br)cc3)N2C1=O. The number of halogens is 1. The van der Waals surface area contributed by atoms with Crippen molar-refractivity contribution in [3.8, 4) is 0 Å². The summed E-state index contributed by atoms with van der Waals surface area (Å²) in [6.07, 6.45) is 0. The number of hydrogen-bond donors (Lipinski definition) is 1. The molecular formula is C19H15BrN4O2S. The molecule has 1 atom stereocenters. The van der Waals surface area contributed by atoms with Crippen molar-refractivity contribution in [3.05, 3.63) is 58.6 Å². The van der Waals surface area contributed by atoms with Crippen molar-refractivity contribution in [1.82, 2.24) is 4.90 Å². The Hall–Kier alpha value is -2.45. The van der Waals surface area contributed by atoms with E-state index in [0.29, 0.717) is 16.7 Å². The van der Waals surface area contributed by atoms with E-state index in [0.717, 1.165) is 15.7 Å². The number of thioether (sulfide) groups is 1. The lowest BCUT2D eigenvalue weighted by Gasteiger charge is -2.25. The lowest BCUT2D eigenvalue weighted by atomic mass is 10.1. The first-order valence-electron chi connectivity index (χ1n) is 8.31. The van der Waals surface area contributed by atoms with Crippen LogP contribution in [0.5, 0.6) is 0 Å². The van der Waals surface area contributed by atoms with Crippen LogP contribution < -0.4 is 5.32 Å². The number of para-hydroxylation sites is 1. The molecule has 2 aromatic rings. The highest BCUT2D eigenvalue weighted by Gasteiger charge is 2.39. The number of rotatable bonds is 3. The van der Waals surface area contributed by atoms with Gasteiger partial charge in [0, 0.05) is 15.7 Å². The van der Waals surface area contributed by atoms with Crippen molar-refractivity contribution in [2.24, 2.45) is 9.98 Å². The third kappa shape index (κ3) is 3.54. The summed E-state index contributed by atoms with van der Waals surface area (Å²) >= 11 is 4.59. The molecule has 0 saturated heterocycles. The van der Waals surface area contributed by atoms with Crippen LogP contribution in [0.2, 0.25) is 0 Å². The van der Waals surface area contributed by atoms with Crippen LogP contribution >= 0.6 is 27.7 Å². The van der Waals surface area contributed by atoms with Crippen LogP contribution in [-0.4, -0.2) is 39.5 Å². The number of fused-ring (bicyclic) bond motifs is 3. The van der Waals surface area contributed by atoms with Crippen LogP contribution in [0.1, 0.15) is 12.5 Å². The molecule has 4 rings (SSSR count). The fourth-order valence-electron chi connectivity index (χ4n) is 2.83. The molecule has 0 spiro atoms. The lowest BCUT2D eigenvalue weighted by Crippen LogP contribution is -2.41. The monoisotopic (exact) mass is 442 g/mol. The molecular weight excluding hydrogens is 428 g/mol. The second-order valence-electron chi connectivity index (χ2n) is 6.06. The van der Waals surface area contributed by atoms with Crippen LogP contribution in [-0.2, 0) is 9.59 Å². The second-order valence-corrected chi connectivity index (χ2v) is 7.92. The first kappa shape index (κ1) is 17.9. The predicted molar refractivity (Wildman–Crippen MR) is 112 cm³/mol. The van der Waals surface area contributed by atoms with E-state index in [1.54, 1.807) is 6.92 Å². The summed E-state index contributed by atoms with van der Waals surface area (Å²) in [6, 6.07) is 14.5. The normalized spacial score (nSPS) is 17.8. The summed E-state index contributed by atoms with van der Waals surface area (Å²) in [6.45, 7) is 1.76. The Balaban J connectivity index is 1.52. The maximum absolute atomic E-state index is 12.5. The van der Waals surface area contributed by atoms with Gasteiger partial charge >= 0.3 is 0 Å². The predicted octanol–water partition coefficient (Wildman–Crippen LogP) is 3.80. The summed E-state index contributed by atoms with van der Waals surface area (Å²) in [5, 5.41) is 3.32. The Kier molecular flexibility index (Phi) is 4.84. The molecule has 0 aromatic heterocycles. The van der Waals surface area contributed by atoms with Crippen molar-refractivity contribution in [2.45, 2.75) is 13.0 Å². The summed E-state index contributed by atoms with van der Waals surface area (Å²) in [5.74, 6) is 0.456. The van der Waals surface area contributed by atoms with Gasteiger partial charge in [-0.25, -0.2) is 9.89 Å². The summed E-state index contributed by atoms with van der Waals surface area (Å²) in [5.41, 5.74) is 2.30. The lowest BCUT2D eigenvalue weighted by molar-refractivity contribution is -0.124. The molecule has 6 nitrogen and oxygen atoms in total. The number of amides is 2. The summed E-state index contributed by atoms with van der Waals surface area (Å²) in [7, 11) is 0. The molecule has 136 valence electrons. The van der Waals surface area contributed by atoms with Crippen LogP contribution in [0.25, 0.3) is 0 Å². The molecule has 0 bridgehead atoms. The molecule has 2 aliphatic rings. The Labute approximate surface area is 168 Å². The summed E-state index contributed by atoms with van der Waals surface area (Å²) in [4.78, 5) is 35.4. The van der Waals surface area contributed by atoms with E-state index in [9.17, 15) is 9.59 Å². The minimum atomic E-state index is -0.450. The molecule has 27 heavy (non-hydrogen) atoms. The fraction of sp³-hybridized carbons (Fsp3) is 0.158. The van der Waals surface area contributed by atoms with E-state index < -0.39 is 6.04 Å². The van der Waals surface area contributed by atoms with Gasteiger partial charge in [0.1, 0.15) is 11.9 Å². The van der Waals surface area contributed by atoms with Crippen LogP contribution in [0, 0.1) is 0 Å². The number of aliphatic imine (C=N–C) groups is 2. The summed E-state index contributed by atoms with van der Waals surface area (Å²) < 4.78 is 0.943. The molecule has 2 aromatic carbocycles. The minimum absolute atomic E-state index is 0.126. The van der Waals surface area contributed by atoms with Gasteiger partial charge in [0.25, 0.3) is 5.91 Å². The number of nitrogens with one attached hydrogen (secondary N) is 1. The number of hydrogen-bond acceptors (Lipinski definition) is 5. The van der Waals surface area contributed by atoms with Gasteiger partial charge in [-0.1, -0.05) is 39.8 Å². The third-order valence-corrected chi connectivity index (χ3v) is 5.59. The van der Waals surface area contributed by atoms with Crippen molar-refractivity contribution >= 4 is 61.9 Å². The van der Waals surface area contributed by atoms with Crippen molar-refractivity contribution in [2.75, 3.05) is 11.1 Å². The highest BCUT2D eigenvalue weighted by Crippen LogP contribution is 2.33. The fourth-order valence-corrected chi connectivity index (χ4v) is 3.90. The number of anilines is 1. The van der Waals surface area contributed by atoms with Gasteiger partial charge in [0.05, 0.1) is 11.4 Å². The third-order valence-electron chi connectivity index (χ3n) is 4.12. The number of carbonyl (C=O) groups excluding carboxylic acids is 2. The molecule has 0 radical (unpaired) electrons. The van der Waals surface area contributed by atoms with Gasteiger partial charge < -0.3 is 5.32 Å². The van der Waals surface area contributed by atoms with Crippen LogP contribution in [0.15, 0.2) is 63.0 Å². The molecule has 0 fully saturated rings. The highest BCUT2D eigenvalue weighted by molar-refractivity contribution is 9.10. The van der Waals surface area contributed by atoms with Gasteiger partial charge in [0.2, 0.25) is 5.91 Å². The Bertz CT molecular complexity index is 987. The number of nitrogens with zero attached hydrogens (tertiary/aromatic N) is 3. The van der Waals surface area contributed by atoms with E-state index in [4.69, 9.17) is 0 Å². The Morgan fingerprint density at radius 3 is 2.74 bits per heavy atom. The van der Waals surface area contributed by atoms with Crippen molar-refractivity contribution < 1.29 is 9.59 Å². The minimum Gasteiger partial charge on any atom is -0.325 e. The van der Waals surface area contributed by atoms with Gasteiger partial charge in [-0.15, -0.1) is 0 Å². The molecule has 2 heterocycles. The number of amidine groups is 2. The zero-order chi connectivity index (χ0) is 19.0. The average molecular weight is 443 g/mol. The zero-order valence-electron chi connectivity index (χ0n) is 14.3. The van der Waals surface area contributed by atoms with E-state index in [-0.39, 0.29) is 17.6 Å². The van der Waals surface area contributed by atoms with Crippen molar-refractivity contribution in [1.29, 1.82) is 0 Å². The van der Waals surface area contributed by atoms with Crippen LogP contribution in [0.4, 0.5) is 11.4 Å². The second kappa shape index (κ2) is 7.28. The topological polar surface area (TPSA) is 74.1 Å². The smallest absolute Gasteiger partial charge is 0.258 e. The molecule has 0 saturated carbocycles. The average Bonchev–Trinajstić information content (AvgIpc) is 2.97. The molecule has 2 aliphatic heterocycles. The van der Waals surface area contributed by atoms with E-state index in [1.165, 1.54) is 16.7 Å². The van der Waals surface area contributed by atoms with Gasteiger partial charge in [0.15, 0.2) is 5.17 Å². The first-order chi connectivity index (χ1) is 13.0. The van der Waals surface area contributed by atoms with Crippen LogP contribution in [0.3, 0.4) is 0 Å². The van der Waals surface area contributed by atoms with Gasteiger partial charge in [-0.2, -0.15) is 0 Å². The maximum Gasteiger partial charge on any atom is 0.258 e. The quantitative estimate of drug-likeness (QED) is 0.785. The Morgan fingerprint density at radius 2 is 1.96 bits per heavy atom. The van der Waals surface area contributed by atoms with Gasteiger partial charge in [-0.05, 0) is 43.3 Å². The highest BCUT2D eigenvalue weighted by atomic mass is 79.9. The number of benzene rings is 2. The standard InChI is InChI=1S/C19H15BrN4O2S/c1-11-18(26)24-17(21-11)14-4-2-3-5-15(14)23-19(24)27-10-16(25)22-13-8-6-12(20)7-9-13/h2-9,11H,10H2,1H3,(H,22,25)/t11-/m1/s1. The van der Waals surface area contributed by atoms with Crippen molar-refractivity contribution in [3.63, 3.8) is 0 Å². The molecule has 0 aliphatic carbocycles. The van der Waals surface area contributed by atoms with E-state index in [1.807, 2.05) is 48.5 Å². The van der Waals surface area contributed by atoms with E-state index >= 15 is 0 Å². The molecule has 8 heteroatoms. The van der Waals surface area contributed by atoms with Gasteiger partial charge in [-0.3, -0.25) is 14.6 Å². The molecule has 2 amide bonds. The Morgan fingerprint density at radius 1 is 1.22 bits per heavy atom. The zero-order valence-corrected chi connectivity index (χ0v) is 16.8.